The predicted molar refractivity (Wildman–Crippen MR) is 105 cm³/mol. The van der Waals surface area contributed by atoms with Gasteiger partial charge in [-0.1, -0.05) is 0 Å². The molecule has 7 nitrogen and oxygen atoms in total. The lowest BCUT2D eigenvalue weighted by atomic mass is 10.0. The number of nitrogens with zero attached hydrogens (tertiary/aromatic N) is 2. The fourth-order valence-corrected chi connectivity index (χ4v) is 3.37. The smallest absolute Gasteiger partial charge is 0.253 e. The van der Waals surface area contributed by atoms with Gasteiger partial charge in [-0.25, -0.2) is 4.39 Å². The van der Waals surface area contributed by atoms with E-state index in [1.54, 1.807) is 24.7 Å². The molecule has 0 saturated carbocycles. The van der Waals surface area contributed by atoms with Crippen molar-refractivity contribution in [2.45, 2.75) is 33.6 Å². The number of halogens is 1. The number of amides is 1. The van der Waals surface area contributed by atoms with Crippen LogP contribution in [-0.4, -0.2) is 27.3 Å². The standard InChI is InChI=1S/C20H23FN4O3/c1-5-28-16-8-6-13(10-15(16)21)22-17(26)9-7-14-11(2)18-12(3)24-25(4)19(18)23-20(14)27/h6,8,10H,5,7,9H2,1-4H3,(H,22,26)(H,23,27). The summed E-state index contributed by atoms with van der Waals surface area (Å²) >= 11 is 0. The van der Waals surface area contributed by atoms with Crippen LogP contribution in [0, 0.1) is 19.7 Å². The molecule has 0 fully saturated rings. The third kappa shape index (κ3) is 3.76. The quantitative estimate of drug-likeness (QED) is 0.682. The predicted octanol–water partition coefficient (Wildman–Crippen LogP) is 2.99. The van der Waals surface area contributed by atoms with E-state index in [0.29, 0.717) is 23.5 Å². The van der Waals surface area contributed by atoms with E-state index in [2.05, 4.69) is 15.4 Å². The molecule has 0 spiro atoms. The molecule has 3 aromatic rings. The number of carbonyl (C=O) groups is 1. The summed E-state index contributed by atoms with van der Waals surface area (Å²) in [5, 5.41) is 7.88. The summed E-state index contributed by atoms with van der Waals surface area (Å²) in [4.78, 5) is 27.5. The highest BCUT2D eigenvalue weighted by Gasteiger charge is 2.16. The van der Waals surface area contributed by atoms with Gasteiger partial charge in [-0.3, -0.25) is 14.3 Å². The minimum Gasteiger partial charge on any atom is -0.491 e. The van der Waals surface area contributed by atoms with E-state index in [-0.39, 0.29) is 30.1 Å². The molecule has 1 amide bonds. The van der Waals surface area contributed by atoms with Crippen LogP contribution >= 0.6 is 0 Å². The van der Waals surface area contributed by atoms with Gasteiger partial charge in [-0.15, -0.1) is 0 Å². The summed E-state index contributed by atoms with van der Waals surface area (Å²) in [6.07, 6.45) is 0.375. The van der Waals surface area contributed by atoms with Gasteiger partial charge in [0.05, 0.1) is 12.3 Å². The molecular formula is C20H23FN4O3. The van der Waals surface area contributed by atoms with Gasteiger partial charge in [0.2, 0.25) is 5.91 Å². The summed E-state index contributed by atoms with van der Waals surface area (Å²) in [6, 6.07) is 4.27. The Bertz CT molecular complexity index is 1100. The molecule has 0 atom stereocenters. The molecule has 2 heterocycles. The van der Waals surface area contributed by atoms with Gasteiger partial charge in [0.15, 0.2) is 11.6 Å². The molecular weight excluding hydrogens is 363 g/mol. The van der Waals surface area contributed by atoms with Gasteiger partial charge in [-0.05, 0) is 44.9 Å². The Morgan fingerprint density at radius 2 is 2.11 bits per heavy atom. The van der Waals surface area contributed by atoms with Crippen LogP contribution in [0.5, 0.6) is 5.75 Å². The molecule has 28 heavy (non-hydrogen) atoms. The molecule has 8 heteroatoms. The number of benzene rings is 1. The van der Waals surface area contributed by atoms with Crippen molar-refractivity contribution in [1.82, 2.24) is 14.8 Å². The number of hydrogen-bond donors (Lipinski definition) is 2. The van der Waals surface area contributed by atoms with E-state index >= 15 is 0 Å². The Morgan fingerprint density at radius 3 is 2.79 bits per heavy atom. The number of ether oxygens (including phenoxy) is 1. The van der Waals surface area contributed by atoms with E-state index in [1.165, 1.54) is 12.1 Å². The first-order chi connectivity index (χ1) is 13.3. The second kappa shape index (κ2) is 7.84. The molecule has 0 unspecified atom stereocenters. The Morgan fingerprint density at radius 1 is 1.36 bits per heavy atom. The van der Waals surface area contributed by atoms with Crippen molar-refractivity contribution in [2.75, 3.05) is 11.9 Å². The molecule has 2 N–H and O–H groups in total. The summed E-state index contributed by atoms with van der Waals surface area (Å²) in [5.41, 5.74) is 2.98. The zero-order valence-corrected chi connectivity index (χ0v) is 16.4. The van der Waals surface area contributed by atoms with Crippen LogP contribution in [-0.2, 0) is 18.3 Å². The SMILES string of the molecule is CCOc1ccc(NC(=O)CCc2c(C)c3c(C)nn(C)c3[nH]c2=O)cc1F. The summed E-state index contributed by atoms with van der Waals surface area (Å²) in [5.74, 6) is -0.697. The van der Waals surface area contributed by atoms with Crippen molar-refractivity contribution in [3.8, 4) is 5.75 Å². The van der Waals surface area contributed by atoms with Gasteiger partial charge >= 0.3 is 0 Å². The fourth-order valence-electron chi connectivity index (χ4n) is 3.37. The van der Waals surface area contributed by atoms with Crippen LogP contribution in [0.15, 0.2) is 23.0 Å². The van der Waals surface area contributed by atoms with Crippen molar-refractivity contribution in [3.05, 3.63) is 51.2 Å². The lowest BCUT2D eigenvalue weighted by molar-refractivity contribution is -0.116. The number of rotatable bonds is 6. The first kappa shape index (κ1) is 19.6. The minimum atomic E-state index is -0.538. The van der Waals surface area contributed by atoms with Gasteiger partial charge in [0.25, 0.3) is 5.56 Å². The molecule has 148 valence electrons. The van der Waals surface area contributed by atoms with Crippen molar-refractivity contribution in [2.24, 2.45) is 7.05 Å². The summed E-state index contributed by atoms with van der Waals surface area (Å²) in [7, 11) is 1.77. The minimum absolute atomic E-state index is 0.101. The first-order valence-corrected chi connectivity index (χ1v) is 9.09. The Kier molecular flexibility index (Phi) is 5.48. The number of nitrogens with one attached hydrogen (secondary N) is 2. The number of fused-ring (bicyclic) bond motifs is 1. The topological polar surface area (TPSA) is 89.0 Å². The van der Waals surface area contributed by atoms with Crippen molar-refractivity contribution >= 4 is 22.6 Å². The lowest BCUT2D eigenvalue weighted by Gasteiger charge is -2.09. The average molecular weight is 386 g/mol. The number of pyridine rings is 1. The van der Waals surface area contributed by atoms with Crippen LogP contribution in [0.2, 0.25) is 0 Å². The maximum absolute atomic E-state index is 13.9. The third-order valence-corrected chi connectivity index (χ3v) is 4.67. The number of anilines is 1. The average Bonchev–Trinajstić information content (AvgIpc) is 2.91. The summed E-state index contributed by atoms with van der Waals surface area (Å²) < 4.78 is 20.7. The van der Waals surface area contributed by atoms with Crippen LogP contribution < -0.4 is 15.6 Å². The second-order valence-electron chi connectivity index (χ2n) is 6.62. The first-order valence-electron chi connectivity index (χ1n) is 9.09. The maximum atomic E-state index is 13.9. The van der Waals surface area contributed by atoms with Gasteiger partial charge in [0, 0.05) is 36.2 Å². The number of hydrogen-bond acceptors (Lipinski definition) is 4. The number of aromatic nitrogens is 3. The van der Waals surface area contributed by atoms with Crippen molar-refractivity contribution in [3.63, 3.8) is 0 Å². The Balaban J connectivity index is 1.74. The van der Waals surface area contributed by atoms with Crippen LogP contribution in [0.3, 0.4) is 0 Å². The highest BCUT2D eigenvalue weighted by molar-refractivity contribution is 5.91. The van der Waals surface area contributed by atoms with Crippen molar-refractivity contribution < 1.29 is 13.9 Å². The van der Waals surface area contributed by atoms with E-state index in [1.807, 2.05) is 13.8 Å². The van der Waals surface area contributed by atoms with Gasteiger partial charge in [-0.2, -0.15) is 5.10 Å². The van der Waals surface area contributed by atoms with E-state index in [0.717, 1.165) is 16.6 Å². The maximum Gasteiger partial charge on any atom is 0.253 e. The van der Waals surface area contributed by atoms with E-state index in [4.69, 9.17) is 4.74 Å². The molecule has 3 rings (SSSR count). The number of carbonyl (C=O) groups excluding carboxylic acids is 1. The summed E-state index contributed by atoms with van der Waals surface area (Å²) in [6.45, 7) is 5.87. The normalized spacial score (nSPS) is 11.0. The van der Waals surface area contributed by atoms with Crippen molar-refractivity contribution in [1.29, 1.82) is 0 Å². The zero-order chi connectivity index (χ0) is 20.4. The molecule has 0 bridgehead atoms. The van der Waals surface area contributed by atoms with Crippen LogP contribution in [0.25, 0.3) is 11.0 Å². The number of H-pyrrole nitrogens is 1. The van der Waals surface area contributed by atoms with Crippen LogP contribution in [0.4, 0.5) is 10.1 Å². The molecule has 0 aliphatic rings. The Labute approximate surface area is 161 Å². The number of aryl methyl sites for hydroxylation is 3. The van der Waals surface area contributed by atoms with Gasteiger partial charge < -0.3 is 15.0 Å². The molecule has 0 saturated heterocycles. The lowest BCUT2D eigenvalue weighted by Crippen LogP contribution is -2.19. The largest absolute Gasteiger partial charge is 0.491 e. The molecule has 1 aromatic carbocycles. The van der Waals surface area contributed by atoms with E-state index in [9.17, 15) is 14.0 Å². The van der Waals surface area contributed by atoms with E-state index < -0.39 is 5.82 Å². The highest BCUT2D eigenvalue weighted by Crippen LogP contribution is 2.23. The van der Waals surface area contributed by atoms with Crippen LogP contribution in [0.1, 0.15) is 30.2 Å². The zero-order valence-electron chi connectivity index (χ0n) is 16.4. The number of aromatic amines is 1. The molecule has 0 radical (unpaired) electrons. The Hall–Kier alpha value is -3.16. The fraction of sp³-hybridized carbons (Fsp3) is 0.350. The molecule has 0 aliphatic carbocycles. The van der Waals surface area contributed by atoms with Gasteiger partial charge in [0.1, 0.15) is 5.65 Å². The monoisotopic (exact) mass is 386 g/mol. The molecule has 0 aliphatic heterocycles. The highest BCUT2D eigenvalue weighted by atomic mass is 19.1. The molecule has 2 aromatic heterocycles. The second-order valence-corrected chi connectivity index (χ2v) is 6.62. The third-order valence-electron chi connectivity index (χ3n) is 4.67.